The molecule has 1 fully saturated rings. The van der Waals surface area contributed by atoms with Gasteiger partial charge < -0.3 is 5.32 Å². The first kappa shape index (κ1) is 15.5. The Morgan fingerprint density at radius 1 is 1.20 bits per heavy atom. The minimum Gasteiger partial charge on any atom is -0.315 e. The first-order valence-electron chi connectivity index (χ1n) is 7.53. The lowest BCUT2D eigenvalue weighted by Gasteiger charge is -2.30. The van der Waals surface area contributed by atoms with Crippen molar-refractivity contribution in [3.05, 3.63) is 35.4 Å². The summed E-state index contributed by atoms with van der Waals surface area (Å²) in [5.74, 6) is 0.352. The summed E-state index contributed by atoms with van der Waals surface area (Å²) in [5, 5.41) is 3.00. The van der Waals surface area contributed by atoms with Gasteiger partial charge in [0, 0.05) is 6.04 Å². The van der Waals surface area contributed by atoms with Crippen LogP contribution in [0.3, 0.4) is 0 Å². The van der Waals surface area contributed by atoms with Crippen LogP contribution in [0.4, 0.5) is 0 Å². The van der Waals surface area contributed by atoms with Gasteiger partial charge in [-0.05, 0) is 43.9 Å². The van der Waals surface area contributed by atoms with Crippen LogP contribution in [0.25, 0.3) is 0 Å². The van der Waals surface area contributed by atoms with Gasteiger partial charge in [-0.2, -0.15) is 0 Å². The van der Waals surface area contributed by atoms with E-state index in [9.17, 15) is 8.42 Å². The fourth-order valence-electron chi connectivity index (χ4n) is 3.02. The normalized spacial score (nSPS) is 23.4. The molecule has 4 heteroatoms. The topological polar surface area (TPSA) is 46.2 Å². The fourth-order valence-corrected chi connectivity index (χ4v) is 5.18. The maximum Gasteiger partial charge on any atom is 0.154 e. The molecule has 0 radical (unpaired) electrons. The summed E-state index contributed by atoms with van der Waals surface area (Å²) in [7, 11) is -1.06. The summed E-state index contributed by atoms with van der Waals surface area (Å²) in [6.07, 6.45) is 4.45. The highest BCUT2D eigenvalue weighted by Gasteiger charge is 2.34. The van der Waals surface area contributed by atoms with Gasteiger partial charge in [0.1, 0.15) is 0 Å². The molecule has 3 nitrogen and oxygen atoms in total. The molecule has 2 atom stereocenters. The molecule has 1 aromatic rings. The van der Waals surface area contributed by atoms with Gasteiger partial charge in [0.05, 0.1) is 11.0 Å². The maximum absolute atomic E-state index is 12.2. The van der Waals surface area contributed by atoms with E-state index >= 15 is 0 Å². The Bertz CT molecular complexity index is 522. The van der Waals surface area contributed by atoms with Crippen LogP contribution in [-0.2, 0) is 22.7 Å². The molecule has 0 spiro atoms. The number of likely N-dealkylation sites (N-methyl/N-ethyl adjacent to an activating group) is 1. The van der Waals surface area contributed by atoms with Crippen molar-refractivity contribution in [1.29, 1.82) is 0 Å². The molecule has 1 aliphatic heterocycles. The second-order valence-corrected chi connectivity index (χ2v) is 8.01. The van der Waals surface area contributed by atoms with Crippen LogP contribution in [0, 0.1) is 0 Å². The first-order valence-corrected chi connectivity index (χ1v) is 9.25. The summed E-state index contributed by atoms with van der Waals surface area (Å²) in [6.45, 7) is 2.14. The van der Waals surface area contributed by atoms with Gasteiger partial charge in [0.2, 0.25) is 0 Å². The van der Waals surface area contributed by atoms with Gasteiger partial charge in [0.15, 0.2) is 9.84 Å². The van der Waals surface area contributed by atoms with E-state index in [1.165, 1.54) is 11.1 Å². The number of hydrogen-bond acceptors (Lipinski definition) is 3. The van der Waals surface area contributed by atoms with Gasteiger partial charge in [-0.1, -0.05) is 37.6 Å². The van der Waals surface area contributed by atoms with E-state index in [4.69, 9.17) is 0 Å². The molecule has 0 bridgehead atoms. The lowest BCUT2D eigenvalue weighted by molar-refractivity contribution is 0.456. The molecule has 0 saturated carbocycles. The van der Waals surface area contributed by atoms with Gasteiger partial charge in [-0.15, -0.1) is 0 Å². The van der Waals surface area contributed by atoms with Crippen LogP contribution in [0.2, 0.25) is 0 Å². The van der Waals surface area contributed by atoms with Gasteiger partial charge in [-0.25, -0.2) is 8.42 Å². The fraction of sp³-hybridized carbons (Fsp3) is 0.625. The number of aryl methyl sites for hydroxylation is 1. The lowest BCUT2D eigenvalue weighted by atomic mass is 9.98. The molecular formula is C16H25NO2S. The molecule has 0 aromatic heterocycles. The largest absolute Gasteiger partial charge is 0.315 e. The average molecular weight is 295 g/mol. The highest BCUT2D eigenvalue weighted by Crippen LogP contribution is 2.24. The Labute approximate surface area is 122 Å². The monoisotopic (exact) mass is 295 g/mol. The van der Waals surface area contributed by atoms with Crippen molar-refractivity contribution in [3.8, 4) is 0 Å². The summed E-state index contributed by atoms with van der Waals surface area (Å²) in [6, 6.07) is 8.54. The molecule has 20 heavy (non-hydrogen) atoms. The van der Waals surface area contributed by atoms with Crippen molar-refractivity contribution in [3.63, 3.8) is 0 Å². The molecule has 0 aliphatic carbocycles. The zero-order valence-corrected chi connectivity index (χ0v) is 13.2. The van der Waals surface area contributed by atoms with E-state index in [1.807, 2.05) is 7.05 Å². The van der Waals surface area contributed by atoms with Crippen LogP contribution in [0.15, 0.2) is 24.3 Å². The second kappa shape index (κ2) is 6.72. The minimum absolute atomic E-state index is 0.0211. The number of hydrogen-bond donors (Lipinski definition) is 1. The Kier molecular flexibility index (Phi) is 5.22. The van der Waals surface area contributed by atoms with Gasteiger partial charge in [0.25, 0.3) is 0 Å². The number of rotatable bonds is 5. The Morgan fingerprint density at radius 3 is 2.40 bits per heavy atom. The predicted molar refractivity (Wildman–Crippen MR) is 83.8 cm³/mol. The van der Waals surface area contributed by atoms with Crippen molar-refractivity contribution in [2.45, 2.75) is 50.3 Å². The van der Waals surface area contributed by atoms with Crippen molar-refractivity contribution < 1.29 is 8.42 Å². The molecule has 2 unspecified atom stereocenters. The number of benzene rings is 1. The summed E-state index contributed by atoms with van der Waals surface area (Å²) < 4.78 is 24.5. The Hall–Kier alpha value is -0.870. The molecule has 0 amide bonds. The summed E-state index contributed by atoms with van der Waals surface area (Å²) in [4.78, 5) is 0. The van der Waals surface area contributed by atoms with Crippen LogP contribution in [0.5, 0.6) is 0 Å². The highest BCUT2D eigenvalue weighted by atomic mass is 32.2. The third-order valence-corrected chi connectivity index (χ3v) is 6.68. The van der Waals surface area contributed by atoms with Gasteiger partial charge in [-0.3, -0.25) is 0 Å². The smallest absolute Gasteiger partial charge is 0.154 e. The first-order chi connectivity index (χ1) is 9.56. The van der Waals surface area contributed by atoms with E-state index in [1.54, 1.807) is 0 Å². The SMILES string of the molecule is CCc1ccc(CC(NC)C2CCCCS2(=O)=O)cc1. The molecule has 1 N–H and O–H groups in total. The predicted octanol–water partition coefficient (Wildman–Crippen LogP) is 2.35. The Morgan fingerprint density at radius 2 is 1.85 bits per heavy atom. The third-order valence-electron chi connectivity index (χ3n) is 4.34. The zero-order chi connectivity index (χ0) is 14.6. The molecular weight excluding hydrogens is 270 g/mol. The van der Waals surface area contributed by atoms with E-state index in [-0.39, 0.29) is 11.3 Å². The summed E-state index contributed by atoms with van der Waals surface area (Å²) in [5.41, 5.74) is 2.53. The van der Waals surface area contributed by atoms with E-state index in [2.05, 4.69) is 36.5 Å². The van der Waals surface area contributed by atoms with Crippen LogP contribution < -0.4 is 5.32 Å². The van der Waals surface area contributed by atoms with Crippen molar-refractivity contribution in [2.24, 2.45) is 0 Å². The quantitative estimate of drug-likeness (QED) is 0.907. The second-order valence-electron chi connectivity index (χ2n) is 5.67. The number of nitrogens with one attached hydrogen (secondary N) is 1. The van der Waals surface area contributed by atoms with Gasteiger partial charge >= 0.3 is 0 Å². The highest BCUT2D eigenvalue weighted by molar-refractivity contribution is 7.92. The molecule has 1 aliphatic rings. The summed E-state index contributed by atoms with van der Waals surface area (Å²) >= 11 is 0. The molecule has 112 valence electrons. The van der Waals surface area contributed by atoms with Crippen molar-refractivity contribution >= 4 is 9.84 Å². The maximum atomic E-state index is 12.2. The molecule has 1 heterocycles. The Balaban J connectivity index is 2.11. The van der Waals surface area contributed by atoms with E-state index in [0.29, 0.717) is 5.75 Å². The standard InChI is InChI=1S/C16H25NO2S/c1-3-13-7-9-14(10-8-13)12-15(17-2)16-6-4-5-11-20(16,18)19/h7-10,15-17H,3-6,11-12H2,1-2H3. The molecule has 1 aromatic carbocycles. The lowest BCUT2D eigenvalue weighted by Crippen LogP contribution is -2.46. The molecule has 1 saturated heterocycles. The van der Waals surface area contributed by atoms with E-state index < -0.39 is 9.84 Å². The zero-order valence-electron chi connectivity index (χ0n) is 12.4. The van der Waals surface area contributed by atoms with Crippen LogP contribution >= 0.6 is 0 Å². The number of sulfone groups is 1. The van der Waals surface area contributed by atoms with Crippen molar-refractivity contribution in [1.82, 2.24) is 5.32 Å². The minimum atomic E-state index is -2.93. The van der Waals surface area contributed by atoms with Crippen LogP contribution in [-0.4, -0.2) is 32.5 Å². The van der Waals surface area contributed by atoms with Crippen molar-refractivity contribution in [2.75, 3.05) is 12.8 Å². The third kappa shape index (κ3) is 3.61. The molecule has 2 rings (SSSR count). The average Bonchev–Trinajstić information content (AvgIpc) is 2.45. The van der Waals surface area contributed by atoms with E-state index in [0.717, 1.165) is 32.1 Å². The van der Waals surface area contributed by atoms with Crippen LogP contribution in [0.1, 0.15) is 37.3 Å².